The van der Waals surface area contributed by atoms with Crippen molar-refractivity contribution in [3.05, 3.63) is 52.4 Å². The fourth-order valence-corrected chi connectivity index (χ4v) is 1.96. The van der Waals surface area contributed by atoms with E-state index < -0.39 is 0 Å². The standard InChI is InChI=1S/C14H13ClN2O2/c1-9-3-4-10(11(15)5-9)6-13(18)12-7-14(19-2)17-8-16-12/h3-5,7-8H,6H2,1-2H3. The molecule has 0 aliphatic heterocycles. The highest BCUT2D eigenvalue weighted by Crippen LogP contribution is 2.19. The number of aromatic nitrogens is 2. The quantitative estimate of drug-likeness (QED) is 0.806. The largest absolute Gasteiger partial charge is 0.481 e. The molecule has 0 N–H and O–H groups in total. The van der Waals surface area contributed by atoms with Crippen LogP contribution in [0, 0.1) is 6.92 Å². The predicted octanol–water partition coefficient (Wildman–Crippen LogP) is 2.87. The summed E-state index contributed by atoms with van der Waals surface area (Å²) in [5, 5.41) is 0.592. The van der Waals surface area contributed by atoms with Crippen LogP contribution in [-0.4, -0.2) is 22.9 Å². The summed E-state index contributed by atoms with van der Waals surface area (Å²) >= 11 is 6.11. The maximum atomic E-state index is 12.1. The smallest absolute Gasteiger partial charge is 0.216 e. The van der Waals surface area contributed by atoms with Crippen LogP contribution in [-0.2, 0) is 6.42 Å². The molecular weight excluding hydrogens is 264 g/mol. The number of hydrogen-bond donors (Lipinski definition) is 0. The van der Waals surface area contributed by atoms with E-state index in [1.165, 1.54) is 19.5 Å². The van der Waals surface area contributed by atoms with Gasteiger partial charge in [0.2, 0.25) is 5.88 Å². The zero-order chi connectivity index (χ0) is 13.8. The highest BCUT2D eigenvalue weighted by Gasteiger charge is 2.12. The first-order chi connectivity index (χ1) is 9.10. The van der Waals surface area contributed by atoms with E-state index in [0.29, 0.717) is 16.6 Å². The van der Waals surface area contributed by atoms with E-state index in [4.69, 9.17) is 16.3 Å². The van der Waals surface area contributed by atoms with Crippen LogP contribution in [0.3, 0.4) is 0 Å². The first-order valence-electron chi connectivity index (χ1n) is 5.74. The van der Waals surface area contributed by atoms with E-state index in [1.54, 1.807) is 0 Å². The lowest BCUT2D eigenvalue weighted by Gasteiger charge is -2.05. The van der Waals surface area contributed by atoms with Gasteiger partial charge in [0, 0.05) is 17.5 Å². The van der Waals surface area contributed by atoms with E-state index in [2.05, 4.69) is 9.97 Å². The lowest BCUT2D eigenvalue weighted by Crippen LogP contribution is -2.07. The Labute approximate surface area is 116 Å². The molecule has 0 atom stereocenters. The number of nitrogens with zero attached hydrogens (tertiary/aromatic N) is 2. The van der Waals surface area contributed by atoms with Crippen molar-refractivity contribution in [2.24, 2.45) is 0 Å². The molecule has 0 aliphatic carbocycles. The van der Waals surface area contributed by atoms with Crippen molar-refractivity contribution in [1.82, 2.24) is 9.97 Å². The molecule has 0 fully saturated rings. The molecule has 98 valence electrons. The number of ether oxygens (including phenoxy) is 1. The normalized spacial score (nSPS) is 10.3. The number of benzene rings is 1. The van der Waals surface area contributed by atoms with Gasteiger partial charge in [0.05, 0.1) is 7.11 Å². The van der Waals surface area contributed by atoms with Gasteiger partial charge in [-0.05, 0) is 24.1 Å². The fourth-order valence-electron chi connectivity index (χ4n) is 1.66. The molecule has 0 bridgehead atoms. The number of Topliss-reactive ketones (excluding diaryl/α,β-unsaturated/α-hetero) is 1. The van der Waals surface area contributed by atoms with Gasteiger partial charge in [0.25, 0.3) is 0 Å². The monoisotopic (exact) mass is 276 g/mol. The molecule has 0 amide bonds. The van der Waals surface area contributed by atoms with Crippen molar-refractivity contribution in [2.75, 3.05) is 7.11 Å². The van der Waals surface area contributed by atoms with Crippen LogP contribution in [0.15, 0.2) is 30.6 Å². The number of carbonyl (C=O) groups excluding carboxylic acids is 1. The van der Waals surface area contributed by atoms with E-state index in [-0.39, 0.29) is 12.2 Å². The zero-order valence-electron chi connectivity index (χ0n) is 10.7. The van der Waals surface area contributed by atoms with E-state index >= 15 is 0 Å². The Morgan fingerprint density at radius 1 is 1.32 bits per heavy atom. The zero-order valence-corrected chi connectivity index (χ0v) is 11.4. The summed E-state index contributed by atoms with van der Waals surface area (Å²) in [7, 11) is 1.49. The molecule has 2 rings (SSSR count). The highest BCUT2D eigenvalue weighted by atomic mass is 35.5. The van der Waals surface area contributed by atoms with Gasteiger partial charge >= 0.3 is 0 Å². The summed E-state index contributed by atoms with van der Waals surface area (Å²) in [5.41, 5.74) is 2.17. The van der Waals surface area contributed by atoms with Crippen LogP contribution in [0.25, 0.3) is 0 Å². The Bertz CT molecular complexity index is 614. The number of halogens is 1. The molecule has 1 aromatic carbocycles. The third kappa shape index (κ3) is 3.29. The van der Waals surface area contributed by atoms with Crippen molar-refractivity contribution in [3.63, 3.8) is 0 Å². The first-order valence-corrected chi connectivity index (χ1v) is 6.12. The fraction of sp³-hybridized carbons (Fsp3) is 0.214. The van der Waals surface area contributed by atoms with Crippen molar-refractivity contribution in [3.8, 4) is 5.88 Å². The number of aryl methyl sites for hydroxylation is 1. The molecule has 0 unspecified atom stereocenters. The molecule has 0 spiro atoms. The van der Waals surface area contributed by atoms with Crippen molar-refractivity contribution < 1.29 is 9.53 Å². The number of rotatable bonds is 4. The number of ketones is 1. The summed E-state index contributed by atoms with van der Waals surface area (Å²) in [6, 6.07) is 7.14. The Morgan fingerprint density at radius 2 is 2.11 bits per heavy atom. The maximum Gasteiger partial charge on any atom is 0.216 e. The minimum atomic E-state index is -0.119. The molecule has 0 saturated heterocycles. The molecule has 2 aromatic rings. The van der Waals surface area contributed by atoms with Gasteiger partial charge in [-0.2, -0.15) is 0 Å². The molecule has 19 heavy (non-hydrogen) atoms. The van der Waals surface area contributed by atoms with Crippen molar-refractivity contribution in [1.29, 1.82) is 0 Å². The second kappa shape index (κ2) is 5.80. The predicted molar refractivity (Wildman–Crippen MR) is 72.8 cm³/mol. The molecule has 0 saturated carbocycles. The van der Waals surface area contributed by atoms with Crippen molar-refractivity contribution >= 4 is 17.4 Å². The maximum absolute atomic E-state index is 12.1. The number of methoxy groups -OCH3 is 1. The minimum absolute atomic E-state index is 0.119. The van der Waals surface area contributed by atoms with Crippen molar-refractivity contribution in [2.45, 2.75) is 13.3 Å². The van der Waals surface area contributed by atoms with Crippen LogP contribution in [0.5, 0.6) is 5.88 Å². The van der Waals surface area contributed by atoms with E-state index in [9.17, 15) is 4.79 Å². The van der Waals surface area contributed by atoms with Gasteiger partial charge in [-0.1, -0.05) is 23.7 Å². The van der Waals surface area contributed by atoms with Gasteiger partial charge in [0.15, 0.2) is 5.78 Å². The Morgan fingerprint density at radius 3 is 2.79 bits per heavy atom. The molecule has 1 heterocycles. The van der Waals surface area contributed by atoms with E-state index in [0.717, 1.165) is 11.1 Å². The van der Waals surface area contributed by atoms with Crippen LogP contribution >= 0.6 is 11.6 Å². The van der Waals surface area contributed by atoms with Gasteiger partial charge in [-0.15, -0.1) is 0 Å². The summed E-state index contributed by atoms with van der Waals surface area (Å²) in [4.78, 5) is 19.9. The lowest BCUT2D eigenvalue weighted by molar-refractivity contribution is 0.0987. The minimum Gasteiger partial charge on any atom is -0.481 e. The SMILES string of the molecule is COc1cc(C(=O)Cc2ccc(C)cc2Cl)ncn1. The summed E-state index contributed by atoms with van der Waals surface area (Å²) in [5.74, 6) is 0.250. The van der Waals surface area contributed by atoms with Gasteiger partial charge in [0.1, 0.15) is 12.0 Å². The lowest BCUT2D eigenvalue weighted by atomic mass is 10.1. The number of carbonyl (C=O) groups is 1. The van der Waals surface area contributed by atoms with Gasteiger partial charge in [-0.25, -0.2) is 9.97 Å². The molecule has 0 radical (unpaired) electrons. The Balaban J connectivity index is 2.20. The molecular formula is C14H13ClN2O2. The highest BCUT2D eigenvalue weighted by molar-refractivity contribution is 6.31. The summed E-state index contributed by atoms with van der Waals surface area (Å²) in [6.07, 6.45) is 1.52. The topological polar surface area (TPSA) is 52.1 Å². The van der Waals surface area contributed by atoms with Gasteiger partial charge < -0.3 is 4.74 Å². The molecule has 5 heteroatoms. The van der Waals surface area contributed by atoms with Gasteiger partial charge in [-0.3, -0.25) is 4.79 Å². The average Bonchev–Trinajstić information content (AvgIpc) is 2.42. The first kappa shape index (κ1) is 13.5. The molecule has 1 aromatic heterocycles. The Kier molecular flexibility index (Phi) is 4.12. The molecule has 0 aliphatic rings. The Hall–Kier alpha value is -1.94. The summed E-state index contributed by atoms with van der Waals surface area (Å²) < 4.78 is 4.97. The van der Waals surface area contributed by atoms with E-state index in [1.807, 2.05) is 25.1 Å². The van der Waals surface area contributed by atoms with Crippen LogP contribution in [0.2, 0.25) is 5.02 Å². The third-order valence-electron chi connectivity index (χ3n) is 2.70. The second-order valence-electron chi connectivity index (χ2n) is 4.14. The van der Waals surface area contributed by atoms with Crippen LogP contribution < -0.4 is 4.74 Å². The molecule has 4 nitrogen and oxygen atoms in total. The van der Waals surface area contributed by atoms with Crippen LogP contribution in [0.1, 0.15) is 21.6 Å². The second-order valence-corrected chi connectivity index (χ2v) is 4.55. The average molecular weight is 277 g/mol. The number of hydrogen-bond acceptors (Lipinski definition) is 4. The van der Waals surface area contributed by atoms with Crippen LogP contribution in [0.4, 0.5) is 0 Å². The summed E-state index contributed by atoms with van der Waals surface area (Å²) in [6.45, 7) is 1.95. The third-order valence-corrected chi connectivity index (χ3v) is 3.05.